The van der Waals surface area contributed by atoms with Crippen molar-refractivity contribution >= 4 is 44.6 Å². The third-order valence-electron chi connectivity index (χ3n) is 12.7. The van der Waals surface area contributed by atoms with E-state index in [2.05, 4.69) is 10.0 Å². The number of esters is 1. The maximum atomic E-state index is 14.9. The molecule has 1 aromatic heterocycles. The summed E-state index contributed by atoms with van der Waals surface area (Å²) in [6.07, 6.45) is 9.50. The van der Waals surface area contributed by atoms with E-state index in [4.69, 9.17) is 23.9 Å². The lowest BCUT2D eigenvalue weighted by atomic mass is 9.87. The first-order valence-electron chi connectivity index (χ1n) is 21.1. The van der Waals surface area contributed by atoms with E-state index in [1.807, 2.05) is 58.0 Å². The van der Waals surface area contributed by atoms with Gasteiger partial charge in [0, 0.05) is 36.3 Å². The summed E-state index contributed by atoms with van der Waals surface area (Å²) < 4.78 is 51.5. The van der Waals surface area contributed by atoms with Crippen LogP contribution in [0.25, 0.3) is 10.9 Å². The molecule has 0 unspecified atom stereocenters. The average molecular weight is 837 g/mol. The molecular formula is C44H60N4O10S. The molecule has 2 aromatic rings. The molecule has 3 amide bonds. The number of pyridine rings is 1. The molecule has 5 aliphatic rings. The summed E-state index contributed by atoms with van der Waals surface area (Å²) in [6, 6.07) is 4.67. The summed E-state index contributed by atoms with van der Waals surface area (Å²) in [6.45, 7) is 10.5. The Kier molecular flexibility index (Phi) is 11.9. The second kappa shape index (κ2) is 16.3. The van der Waals surface area contributed by atoms with E-state index in [1.165, 1.54) is 4.90 Å². The van der Waals surface area contributed by atoms with Crippen LogP contribution in [0.5, 0.6) is 11.5 Å². The second-order valence-corrected chi connectivity index (χ2v) is 21.0. The first-order valence-corrected chi connectivity index (χ1v) is 22.6. The molecule has 4 heterocycles. The number of methoxy groups -OCH3 is 1. The van der Waals surface area contributed by atoms with Crippen LogP contribution in [0.1, 0.15) is 110 Å². The van der Waals surface area contributed by atoms with Crippen LogP contribution >= 0.6 is 0 Å². The van der Waals surface area contributed by atoms with Gasteiger partial charge in [0.25, 0.3) is 5.91 Å². The van der Waals surface area contributed by atoms with Crippen LogP contribution in [0.15, 0.2) is 30.4 Å². The van der Waals surface area contributed by atoms with E-state index < -0.39 is 61.6 Å². The molecule has 59 heavy (non-hydrogen) atoms. The highest BCUT2D eigenvalue weighted by Gasteiger charge is 2.64. The minimum Gasteiger partial charge on any atom is -0.491 e. The number of rotatable bonds is 10. The number of ether oxygens (including phenoxy) is 4. The Morgan fingerprint density at radius 3 is 2.59 bits per heavy atom. The van der Waals surface area contributed by atoms with Crippen molar-refractivity contribution in [2.24, 2.45) is 17.3 Å². The van der Waals surface area contributed by atoms with Crippen LogP contribution in [-0.2, 0) is 45.1 Å². The van der Waals surface area contributed by atoms with Crippen LogP contribution in [0.4, 0.5) is 0 Å². The van der Waals surface area contributed by atoms with Gasteiger partial charge in [-0.3, -0.25) is 23.9 Å². The lowest BCUT2D eigenvalue weighted by Gasteiger charge is -2.36. The van der Waals surface area contributed by atoms with Crippen molar-refractivity contribution in [1.29, 1.82) is 0 Å². The number of hydrogen-bond acceptors (Lipinski definition) is 11. The largest absolute Gasteiger partial charge is 0.491 e. The van der Waals surface area contributed by atoms with Crippen molar-refractivity contribution in [3.8, 4) is 11.5 Å². The number of nitrogens with one attached hydrogen (secondary N) is 2. The number of nitrogens with zero attached hydrogens (tertiary/aromatic N) is 2. The number of benzene rings is 1. The van der Waals surface area contributed by atoms with E-state index in [1.54, 1.807) is 14.0 Å². The van der Waals surface area contributed by atoms with E-state index in [-0.39, 0.29) is 43.7 Å². The molecule has 0 radical (unpaired) electrons. The van der Waals surface area contributed by atoms with E-state index in [0.29, 0.717) is 75.4 Å². The SMILES string of the molecule is COCCOc1ccc2nc(C)c3c(c2c1)CC[C@]1(C[C@H]2C(=O)N[C@]4(C(=O)NS(=O)(=O)C5(C)CC5)C[C@H]4/C=C\CCCCC[C@H](CC(=O)OCC(C)(C)C)C(=O)N2C1)O3. The zero-order valence-electron chi connectivity index (χ0n) is 35.3. The first kappa shape index (κ1) is 42.9. The standard InChI is InChI=1S/C44H60N4O10S/c1-28-37-32(33-23-31(56-21-20-55-6)14-15-34(33)45-28)16-17-43(58-37)25-35-38(50)46-44(40(52)47-59(53,54)42(5)18-19-42)24-30(44)13-11-9-7-8-10-12-29(39(51)48(35)26-43)22-36(49)57-27-41(2,3)4/h11,13-15,23,29-30,35H,7-10,12,16-22,24-27H2,1-6H3,(H,46,50)(H,47,52)/b13-11-/t29-,30-,35+,43-,44-/m1/s1. The third-order valence-corrected chi connectivity index (χ3v) is 14.9. The molecule has 2 saturated carbocycles. The monoisotopic (exact) mass is 836 g/mol. The molecule has 2 N–H and O–H groups in total. The maximum absolute atomic E-state index is 14.9. The zero-order chi connectivity index (χ0) is 42.4. The van der Waals surface area contributed by atoms with E-state index >= 15 is 0 Å². The zero-order valence-corrected chi connectivity index (χ0v) is 36.1. The van der Waals surface area contributed by atoms with Gasteiger partial charge in [-0.05, 0) is 88.8 Å². The fraction of sp³-hybridized carbons (Fsp3) is 0.659. The molecule has 2 aliphatic carbocycles. The molecular weight excluding hydrogens is 777 g/mol. The molecule has 5 atom stereocenters. The Balaban J connectivity index is 1.22. The number of fused-ring (bicyclic) bond motifs is 5. The van der Waals surface area contributed by atoms with Gasteiger partial charge >= 0.3 is 5.97 Å². The van der Waals surface area contributed by atoms with Gasteiger partial charge in [0.15, 0.2) is 0 Å². The van der Waals surface area contributed by atoms with Gasteiger partial charge < -0.3 is 29.2 Å². The summed E-state index contributed by atoms with van der Waals surface area (Å²) in [7, 11) is -2.37. The summed E-state index contributed by atoms with van der Waals surface area (Å²) in [4.78, 5) is 63.3. The predicted molar refractivity (Wildman–Crippen MR) is 220 cm³/mol. The fourth-order valence-electron chi connectivity index (χ4n) is 8.69. The van der Waals surface area contributed by atoms with Crippen molar-refractivity contribution in [3.05, 3.63) is 41.6 Å². The van der Waals surface area contributed by atoms with Crippen molar-refractivity contribution in [2.75, 3.05) is 33.5 Å². The van der Waals surface area contributed by atoms with Crippen LogP contribution in [0.2, 0.25) is 0 Å². The number of allylic oxidation sites excluding steroid dienone is 1. The predicted octanol–water partition coefficient (Wildman–Crippen LogP) is 5.22. The Bertz CT molecular complexity index is 2130. The summed E-state index contributed by atoms with van der Waals surface area (Å²) in [5.41, 5.74) is -0.317. The number of carbonyl (C=O) groups excluding carboxylic acids is 4. The van der Waals surface area contributed by atoms with Gasteiger partial charge in [0.1, 0.15) is 35.3 Å². The van der Waals surface area contributed by atoms with E-state index in [0.717, 1.165) is 29.3 Å². The Hall–Kier alpha value is -4.24. The Morgan fingerprint density at radius 2 is 1.86 bits per heavy atom. The van der Waals surface area contributed by atoms with E-state index in [9.17, 15) is 27.6 Å². The minimum absolute atomic E-state index is 0.0732. The topological polar surface area (TPSA) is 180 Å². The molecule has 3 aliphatic heterocycles. The van der Waals surface area contributed by atoms with Gasteiger partial charge in [0.05, 0.1) is 42.1 Å². The van der Waals surface area contributed by atoms with Crippen molar-refractivity contribution in [3.63, 3.8) is 0 Å². The highest BCUT2D eigenvalue weighted by atomic mass is 32.2. The smallest absolute Gasteiger partial charge is 0.306 e. The van der Waals surface area contributed by atoms with Gasteiger partial charge in [-0.1, -0.05) is 45.8 Å². The minimum atomic E-state index is -3.99. The van der Waals surface area contributed by atoms with Gasteiger partial charge in [-0.25, -0.2) is 13.4 Å². The molecule has 14 nitrogen and oxygen atoms in total. The van der Waals surface area contributed by atoms with Gasteiger partial charge in [-0.2, -0.15) is 0 Å². The first-order chi connectivity index (χ1) is 27.9. The summed E-state index contributed by atoms with van der Waals surface area (Å²) in [5.74, 6) is -2.07. The van der Waals surface area contributed by atoms with Crippen LogP contribution in [0, 0.1) is 24.2 Å². The molecule has 3 fully saturated rings. The average Bonchev–Trinajstić information content (AvgIpc) is 4.07. The molecule has 15 heteroatoms. The van der Waals surface area contributed by atoms with Gasteiger partial charge in [0.2, 0.25) is 21.8 Å². The molecule has 0 bridgehead atoms. The lowest BCUT2D eigenvalue weighted by Crippen LogP contribution is -2.57. The van der Waals surface area contributed by atoms with Crippen LogP contribution in [-0.4, -0.2) is 97.4 Å². The number of aryl methyl sites for hydroxylation is 2. The number of aromatic nitrogens is 1. The van der Waals surface area contributed by atoms with Crippen LogP contribution < -0.4 is 19.5 Å². The normalized spacial score (nSPS) is 28.5. The Labute approximate surface area is 347 Å². The number of sulfonamides is 1. The number of carbonyl (C=O) groups is 4. The van der Waals surface area contributed by atoms with Crippen LogP contribution in [0.3, 0.4) is 0 Å². The summed E-state index contributed by atoms with van der Waals surface area (Å²) in [5, 5.41) is 3.87. The lowest BCUT2D eigenvalue weighted by molar-refractivity contribution is -0.152. The number of amides is 3. The highest BCUT2D eigenvalue weighted by Crippen LogP contribution is 2.49. The molecule has 1 aromatic carbocycles. The molecule has 322 valence electrons. The fourth-order valence-corrected chi connectivity index (χ4v) is 10.0. The van der Waals surface area contributed by atoms with Crippen molar-refractivity contribution in [1.82, 2.24) is 19.9 Å². The molecule has 7 rings (SSSR count). The van der Waals surface area contributed by atoms with Crippen molar-refractivity contribution < 1.29 is 46.5 Å². The highest BCUT2D eigenvalue weighted by molar-refractivity contribution is 7.91. The van der Waals surface area contributed by atoms with Gasteiger partial charge in [-0.15, -0.1) is 0 Å². The second-order valence-electron chi connectivity index (χ2n) is 18.8. The maximum Gasteiger partial charge on any atom is 0.306 e. The van der Waals surface area contributed by atoms with Crippen molar-refractivity contribution in [2.45, 2.75) is 134 Å². The summed E-state index contributed by atoms with van der Waals surface area (Å²) >= 11 is 0. The number of hydrogen-bond donors (Lipinski definition) is 2. The molecule has 1 saturated heterocycles. The Morgan fingerprint density at radius 1 is 1.08 bits per heavy atom. The molecule has 1 spiro atoms. The quantitative estimate of drug-likeness (QED) is 0.182. The third kappa shape index (κ3) is 9.11.